The van der Waals surface area contributed by atoms with Crippen LogP contribution in [0.5, 0.6) is 0 Å². The molecule has 2 aromatic heterocycles. The second kappa shape index (κ2) is 5.01. The van der Waals surface area contributed by atoms with Crippen LogP contribution in [0.15, 0.2) is 31.0 Å². The molecule has 0 bridgehead atoms. The number of hydrogen-bond donors (Lipinski definition) is 2. The molecule has 1 fully saturated rings. The maximum Gasteiger partial charge on any atom is 0.252 e. The smallest absolute Gasteiger partial charge is 0.252 e. The first kappa shape index (κ1) is 12.7. The quantitative estimate of drug-likeness (QED) is 0.836. The van der Waals surface area contributed by atoms with Crippen molar-refractivity contribution in [1.82, 2.24) is 25.1 Å². The van der Waals surface area contributed by atoms with Crippen molar-refractivity contribution in [3.63, 3.8) is 0 Å². The predicted molar refractivity (Wildman–Crippen MR) is 70.3 cm³/mol. The van der Waals surface area contributed by atoms with Gasteiger partial charge in [-0.3, -0.25) is 4.79 Å². The molecule has 1 aliphatic rings. The minimum Gasteiger partial charge on any atom is -0.388 e. The van der Waals surface area contributed by atoms with Gasteiger partial charge in [0.1, 0.15) is 12.7 Å². The highest BCUT2D eigenvalue weighted by atomic mass is 16.3. The molecule has 2 aromatic rings. The highest BCUT2D eigenvalue weighted by Gasteiger charge is 2.34. The zero-order valence-corrected chi connectivity index (χ0v) is 10.9. The monoisotopic (exact) mass is 273 g/mol. The molecule has 3 rings (SSSR count). The van der Waals surface area contributed by atoms with Crippen LogP contribution in [0, 0.1) is 0 Å². The standard InChI is InChI=1S/C13H15N5O2/c19-12(16-7-13(20)4-1-5-13)10-2-3-11(15-6-10)18-9-14-8-17-18/h2-3,6,8-9,20H,1,4-5,7H2,(H,16,19). The molecule has 20 heavy (non-hydrogen) atoms. The van der Waals surface area contributed by atoms with Crippen LogP contribution in [0.4, 0.5) is 0 Å². The lowest BCUT2D eigenvalue weighted by atomic mass is 9.80. The van der Waals surface area contributed by atoms with Crippen molar-refractivity contribution in [1.29, 1.82) is 0 Å². The van der Waals surface area contributed by atoms with E-state index in [2.05, 4.69) is 20.4 Å². The van der Waals surface area contributed by atoms with Crippen LogP contribution in [-0.4, -0.2) is 42.9 Å². The molecule has 0 aromatic carbocycles. The zero-order valence-electron chi connectivity index (χ0n) is 10.9. The minimum atomic E-state index is -0.718. The lowest BCUT2D eigenvalue weighted by Crippen LogP contribution is -2.47. The summed E-state index contributed by atoms with van der Waals surface area (Å²) in [6.45, 7) is 0.288. The molecule has 0 aliphatic heterocycles. The Bertz CT molecular complexity index is 590. The van der Waals surface area contributed by atoms with E-state index in [1.54, 1.807) is 12.1 Å². The molecule has 104 valence electrons. The molecule has 2 N–H and O–H groups in total. The van der Waals surface area contributed by atoms with Gasteiger partial charge in [0.05, 0.1) is 11.2 Å². The van der Waals surface area contributed by atoms with E-state index in [4.69, 9.17) is 0 Å². The molecule has 1 saturated carbocycles. The molecule has 0 radical (unpaired) electrons. The Morgan fingerprint density at radius 3 is 2.85 bits per heavy atom. The number of pyridine rings is 1. The van der Waals surface area contributed by atoms with Gasteiger partial charge >= 0.3 is 0 Å². The number of carbonyl (C=O) groups excluding carboxylic acids is 1. The Kier molecular flexibility index (Phi) is 3.19. The summed E-state index contributed by atoms with van der Waals surface area (Å²) in [5.41, 5.74) is -0.263. The fraction of sp³-hybridized carbons (Fsp3) is 0.385. The molecule has 7 nitrogen and oxygen atoms in total. The first-order chi connectivity index (χ1) is 9.66. The van der Waals surface area contributed by atoms with Gasteiger partial charge in [0.15, 0.2) is 5.82 Å². The molecular formula is C13H15N5O2. The summed E-state index contributed by atoms with van der Waals surface area (Å²) in [4.78, 5) is 19.9. The molecule has 1 amide bonds. The molecular weight excluding hydrogens is 258 g/mol. The van der Waals surface area contributed by atoms with Crippen LogP contribution in [-0.2, 0) is 0 Å². The van der Waals surface area contributed by atoms with E-state index >= 15 is 0 Å². The van der Waals surface area contributed by atoms with Gasteiger partial charge in [-0.1, -0.05) is 0 Å². The fourth-order valence-electron chi connectivity index (χ4n) is 2.09. The summed E-state index contributed by atoms with van der Waals surface area (Å²) in [5.74, 6) is 0.361. The van der Waals surface area contributed by atoms with Gasteiger partial charge in [0, 0.05) is 12.7 Å². The van der Waals surface area contributed by atoms with E-state index in [1.165, 1.54) is 23.5 Å². The molecule has 0 atom stereocenters. The number of aliphatic hydroxyl groups is 1. The van der Waals surface area contributed by atoms with Crippen molar-refractivity contribution >= 4 is 5.91 Å². The number of aromatic nitrogens is 4. The number of nitrogens with one attached hydrogen (secondary N) is 1. The topological polar surface area (TPSA) is 92.9 Å². The predicted octanol–water partition coefficient (Wildman–Crippen LogP) is 0.307. The molecule has 0 saturated heterocycles. The van der Waals surface area contributed by atoms with Gasteiger partial charge in [-0.2, -0.15) is 5.10 Å². The Balaban J connectivity index is 1.63. The molecule has 7 heteroatoms. The van der Waals surface area contributed by atoms with Gasteiger partial charge < -0.3 is 10.4 Å². The molecule has 0 spiro atoms. The van der Waals surface area contributed by atoms with E-state index in [-0.39, 0.29) is 12.5 Å². The average molecular weight is 273 g/mol. The SMILES string of the molecule is O=C(NCC1(O)CCC1)c1ccc(-n2cncn2)nc1. The number of rotatable bonds is 4. The lowest BCUT2D eigenvalue weighted by molar-refractivity contribution is -0.0300. The van der Waals surface area contributed by atoms with Gasteiger partial charge in [0.2, 0.25) is 0 Å². The Labute approximate surface area is 115 Å². The van der Waals surface area contributed by atoms with Crippen molar-refractivity contribution in [3.05, 3.63) is 36.5 Å². The highest BCUT2D eigenvalue weighted by molar-refractivity contribution is 5.93. The van der Waals surface area contributed by atoms with E-state index in [9.17, 15) is 9.90 Å². The van der Waals surface area contributed by atoms with Crippen LogP contribution >= 0.6 is 0 Å². The first-order valence-electron chi connectivity index (χ1n) is 6.48. The van der Waals surface area contributed by atoms with E-state index in [1.807, 2.05) is 0 Å². The van der Waals surface area contributed by atoms with Crippen molar-refractivity contribution in [2.24, 2.45) is 0 Å². The maximum absolute atomic E-state index is 11.9. The van der Waals surface area contributed by atoms with Crippen LogP contribution in [0.2, 0.25) is 0 Å². The van der Waals surface area contributed by atoms with Crippen LogP contribution in [0.1, 0.15) is 29.6 Å². The summed E-state index contributed by atoms with van der Waals surface area (Å²) in [5, 5.41) is 16.6. The van der Waals surface area contributed by atoms with Gasteiger partial charge in [-0.05, 0) is 31.4 Å². The largest absolute Gasteiger partial charge is 0.388 e. The van der Waals surface area contributed by atoms with Crippen LogP contribution in [0.3, 0.4) is 0 Å². The van der Waals surface area contributed by atoms with Gasteiger partial charge in [-0.15, -0.1) is 0 Å². The van der Waals surface area contributed by atoms with Crippen LogP contribution < -0.4 is 5.32 Å². The van der Waals surface area contributed by atoms with E-state index < -0.39 is 5.60 Å². The minimum absolute atomic E-state index is 0.233. The van der Waals surface area contributed by atoms with Crippen LogP contribution in [0.25, 0.3) is 5.82 Å². The zero-order chi connectivity index (χ0) is 14.0. The van der Waals surface area contributed by atoms with Crippen molar-refractivity contribution in [2.45, 2.75) is 24.9 Å². The average Bonchev–Trinajstić information content (AvgIpc) is 2.97. The van der Waals surface area contributed by atoms with Gasteiger partial charge in [0.25, 0.3) is 5.91 Å². The maximum atomic E-state index is 11.9. The molecule has 2 heterocycles. The number of carbonyl (C=O) groups is 1. The Morgan fingerprint density at radius 2 is 2.30 bits per heavy atom. The molecule has 0 unspecified atom stereocenters. The third kappa shape index (κ3) is 2.53. The number of nitrogens with zero attached hydrogens (tertiary/aromatic N) is 4. The summed E-state index contributed by atoms with van der Waals surface area (Å²) in [6.07, 6.45) is 6.95. The fourth-order valence-corrected chi connectivity index (χ4v) is 2.09. The van der Waals surface area contributed by atoms with E-state index in [0.29, 0.717) is 11.4 Å². The van der Waals surface area contributed by atoms with Crippen molar-refractivity contribution < 1.29 is 9.90 Å². The summed E-state index contributed by atoms with van der Waals surface area (Å²) in [6, 6.07) is 3.37. The van der Waals surface area contributed by atoms with Gasteiger partial charge in [-0.25, -0.2) is 14.6 Å². The van der Waals surface area contributed by atoms with Crippen molar-refractivity contribution in [2.75, 3.05) is 6.54 Å². The normalized spacial score (nSPS) is 16.4. The highest BCUT2D eigenvalue weighted by Crippen LogP contribution is 2.30. The summed E-state index contributed by atoms with van der Waals surface area (Å²) in [7, 11) is 0. The Morgan fingerprint density at radius 1 is 1.45 bits per heavy atom. The first-order valence-corrected chi connectivity index (χ1v) is 6.48. The van der Waals surface area contributed by atoms with Crippen molar-refractivity contribution in [3.8, 4) is 5.82 Å². The third-order valence-electron chi connectivity index (χ3n) is 3.53. The number of amides is 1. The number of hydrogen-bond acceptors (Lipinski definition) is 5. The summed E-state index contributed by atoms with van der Waals surface area (Å²) >= 11 is 0. The van der Waals surface area contributed by atoms with E-state index in [0.717, 1.165) is 19.3 Å². The lowest BCUT2D eigenvalue weighted by Gasteiger charge is -2.36. The second-order valence-electron chi connectivity index (χ2n) is 5.01. The molecule has 1 aliphatic carbocycles. The Hall–Kier alpha value is -2.28. The summed E-state index contributed by atoms with van der Waals surface area (Å²) < 4.78 is 1.51. The third-order valence-corrected chi connectivity index (χ3v) is 3.53. The second-order valence-corrected chi connectivity index (χ2v) is 5.01.